The molecule has 16 heavy (non-hydrogen) atoms. The van der Waals surface area contributed by atoms with E-state index in [1.165, 1.54) is 40.1 Å². The Labute approximate surface area is 109 Å². The normalized spacial score (nSPS) is 11.6. The summed E-state index contributed by atoms with van der Waals surface area (Å²) < 4.78 is 3.48. The third-order valence-electron chi connectivity index (χ3n) is 2.99. The Balaban J connectivity index is 3.51. The first-order chi connectivity index (χ1) is 7.21. The van der Waals surface area contributed by atoms with Gasteiger partial charge in [0.25, 0.3) is 0 Å². The monoisotopic (exact) mass is 387 g/mol. The van der Waals surface area contributed by atoms with Crippen LogP contribution < -0.4 is 0 Å². The van der Waals surface area contributed by atoms with Crippen molar-refractivity contribution >= 4 is 16.4 Å². The summed E-state index contributed by atoms with van der Waals surface area (Å²) in [4.78, 5) is 3.94. The van der Waals surface area contributed by atoms with E-state index in [9.17, 15) is 0 Å². The topological polar surface area (TPSA) is 17.3 Å². The van der Waals surface area contributed by atoms with Crippen molar-refractivity contribution in [1.29, 1.82) is 0 Å². The van der Waals surface area contributed by atoms with Gasteiger partial charge in [0, 0.05) is 0 Å². The van der Waals surface area contributed by atoms with Crippen molar-refractivity contribution in [3.05, 3.63) is 16.8 Å². The molecule has 0 radical (unpaired) electrons. The molecule has 0 aliphatic heterocycles. The number of rotatable bonds is 2. The molecule has 0 atom stereocenters. The summed E-state index contributed by atoms with van der Waals surface area (Å²) in [5.41, 5.74) is 3.95. The fourth-order valence-corrected chi connectivity index (χ4v) is 2.60. The molecule has 0 unspecified atom stereocenters. The first-order valence-electron chi connectivity index (χ1n) is 5.33. The predicted octanol–water partition coefficient (Wildman–Crippen LogP) is 2.96. The van der Waals surface area contributed by atoms with Crippen LogP contribution in [0.25, 0.3) is 0 Å². The van der Waals surface area contributed by atoms with Crippen LogP contribution in [0.1, 0.15) is 37.6 Å². The molecule has 0 spiro atoms. The van der Waals surface area contributed by atoms with Gasteiger partial charge >= 0.3 is 109 Å². The minimum atomic E-state index is 0.174. The quantitative estimate of drug-likeness (QED) is 0.549. The van der Waals surface area contributed by atoms with Crippen molar-refractivity contribution < 1.29 is 19.4 Å². The van der Waals surface area contributed by atoms with Gasteiger partial charge in [-0.05, 0) is 0 Å². The number of nitrogens with zero attached hydrogens (tertiary/aromatic N) is 2. The van der Waals surface area contributed by atoms with E-state index in [1.54, 1.807) is 0 Å². The van der Waals surface area contributed by atoms with E-state index >= 15 is 0 Å². The van der Waals surface area contributed by atoms with Crippen LogP contribution in [0.5, 0.6) is 0 Å². The Hall–Kier alpha value is -0.492. The van der Waals surface area contributed by atoms with Crippen molar-refractivity contribution in [2.75, 3.05) is 0 Å². The van der Waals surface area contributed by atoms with Gasteiger partial charge in [0.2, 0.25) is 0 Å². The summed E-state index contributed by atoms with van der Waals surface area (Å²) in [5, 5.41) is 0. The Bertz CT molecular complexity index is 447. The molecule has 0 aliphatic rings. The summed E-state index contributed by atoms with van der Waals surface area (Å²) >= 11 is 1.49. The van der Waals surface area contributed by atoms with E-state index in [1.807, 2.05) is 7.05 Å². The average molecular weight is 387 g/mol. The standard InChI is InChI=1S/C13H19N2.W/c1-9-10(2)15(7)12(14-6)11(9)8-13(3,4)5;/h6H,1-5,7H3;/q-1;. The summed E-state index contributed by atoms with van der Waals surface area (Å²) in [6.45, 7) is 16.5. The molecular weight excluding hydrogens is 368 g/mol. The van der Waals surface area contributed by atoms with Gasteiger partial charge in [0.15, 0.2) is 0 Å². The second-order valence-electron chi connectivity index (χ2n) is 5.18. The van der Waals surface area contributed by atoms with Crippen LogP contribution in [0.2, 0.25) is 0 Å². The van der Waals surface area contributed by atoms with Gasteiger partial charge in [-0.15, -0.1) is 0 Å². The molecule has 88 valence electrons. The van der Waals surface area contributed by atoms with E-state index in [0.29, 0.717) is 0 Å². The van der Waals surface area contributed by atoms with Crippen molar-refractivity contribution in [3.63, 3.8) is 0 Å². The second kappa shape index (κ2) is 4.41. The Morgan fingerprint density at radius 1 is 1.31 bits per heavy atom. The van der Waals surface area contributed by atoms with Crippen LogP contribution in [0.15, 0.2) is 4.99 Å². The zero-order chi connectivity index (χ0) is 12.7. The Morgan fingerprint density at radius 2 is 1.81 bits per heavy atom. The molecule has 3 heteroatoms. The molecule has 0 aliphatic carbocycles. The number of aromatic nitrogens is 1. The third-order valence-corrected chi connectivity index (χ3v) is 5.93. The first kappa shape index (κ1) is 13.6. The molecule has 1 aromatic heterocycles. The van der Waals surface area contributed by atoms with Crippen molar-refractivity contribution in [1.82, 2.24) is 4.57 Å². The van der Waals surface area contributed by atoms with Gasteiger partial charge in [-0.25, -0.2) is 0 Å². The van der Waals surface area contributed by atoms with E-state index < -0.39 is 0 Å². The van der Waals surface area contributed by atoms with Gasteiger partial charge < -0.3 is 0 Å². The average Bonchev–Trinajstić information content (AvgIpc) is 2.39. The number of hydrogen-bond acceptors (Lipinski definition) is 1. The summed E-state index contributed by atoms with van der Waals surface area (Å²) in [6.07, 6.45) is 0. The second-order valence-corrected chi connectivity index (χ2v) is 6.64. The van der Waals surface area contributed by atoms with Gasteiger partial charge in [-0.3, -0.25) is 0 Å². The predicted molar refractivity (Wildman–Crippen MR) is 66.6 cm³/mol. The van der Waals surface area contributed by atoms with Crippen LogP contribution >= 0.6 is 0 Å². The van der Waals surface area contributed by atoms with E-state index in [0.717, 1.165) is 5.82 Å². The van der Waals surface area contributed by atoms with E-state index in [-0.39, 0.29) is 5.41 Å². The zero-order valence-electron chi connectivity index (χ0n) is 10.9. The van der Waals surface area contributed by atoms with Crippen molar-refractivity contribution in [2.45, 2.75) is 34.6 Å². The Kier molecular flexibility index (Phi) is 3.74. The minimum absolute atomic E-state index is 0.174. The maximum atomic E-state index is 5.51. The van der Waals surface area contributed by atoms with Crippen molar-refractivity contribution in [2.24, 2.45) is 17.5 Å². The molecule has 0 aromatic carbocycles. The fourth-order valence-electron chi connectivity index (χ4n) is 1.72. The summed E-state index contributed by atoms with van der Waals surface area (Å²) in [7, 11) is 2.02. The number of aliphatic imine (C=N–C) groups is 1. The molecule has 0 N–H and O–H groups in total. The molecule has 0 amide bonds. The van der Waals surface area contributed by atoms with E-state index in [4.69, 9.17) is 6.72 Å². The first-order valence-corrected chi connectivity index (χ1v) is 6.80. The maximum absolute atomic E-state index is 5.51. The summed E-state index contributed by atoms with van der Waals surface area (Å²) in [6, 6.07) is 0. The van der Waals surface area contributed by atoms with Crippen LogP contribution in [0, 0.1) is 19.3 Å². The molecule has 0 saturated carbocycles. The molecule has 1 rings (SSSR count). The molecule has 0 bridgehead atoms. The SMILES string of the molecule is [CH-]=Nc1c([C](=[W])C(C)(C)C)c(C)c(C)n1C. The van der Waals surface area contributed by atoms with Gasteiger partial charge in [-0.1, -0.05) is 0 Å². The molecule has 1 heterocycles. The van der Waals surface area contributed by atoms with Crippen molar-refractivity contribution in [3.8, 4) is 0 Å². The molecule has 1 aromatic rings. The fraction of sp³-hybridized carbons (Fsp3) is 0.538. The van der Waals surface area contributed by atoms with Crippen LogP contribution in [-0.2, 0) is 26.4 Å². The van der Waals surface area contributed by atoms with Crippen LogP contribution in [-0.4, -0.2) is 15.2 Å². The third kappa shape index (κ3) is 2.13. The van der Waals surface area contributed by atoms with Crippen LogP contribution in [0.4, 0.5) is 5.82 Å². The van der Waals surface area contributed by atoms with Crippen LogP contribution in [0.3, 0.4) is 0 Å². The zero-order valence-corrected chi connectivity index (χ0v) is 13.8. The van der Waals surface area contributed by atoms with Gasteiger partial charge in [-0.2, -0.15) is 0 Å². The molecular formula is C13H19N2W-. The van der Waals surface area contributed by atoms with Gasteiger partial charge in [0.1, 0.15) is 0 Å². The number of hydrogen-bond donors (Lipinski definition) is 0. The van der Waals surface area contributed by atoms with E-state index in [2.05, 4.69) is 44.2 Å². The molecule has 0 saturated heterocycles. The summed E-state index contributed by atoms with van der Waals surface area (Å²) in [5.74, 6) is 0.898. The molecule has 2 nitrogen and oxygen atoms in total. The molecule has 0 fully saturated rings. The Morgan fingerprint density at radius 3 is 2.19 bits per heavy atom. The van der Waals surface area contributed by atoms with Gasteiger partial charge in [0.05, 0.1) is 0 Å².